The lowest BCUT2D eigenvalue weighted by molar-refractivity contribution is 0.101. The standard InChI is InChI=1S/C28H35N7O/c1-7-21-16-34(25-14-27(36)32(6)26-17-35(18(3)4)31-28(25)26)22(8-2)15-33(21)19(5)20-9-10-23-24(13-20)30-12-11-29-23/h9-14,17,19,21-22H,3,7-8,15-16H2,1-2,4-6H3/t19?,21-,22+/m1/s1. The van der Waals surface area contributed by atoms with Crippen LogP contribution in [0.15, 0.2) is 54.2 Å². The number of rotatable bonds is 6. The maximum absolute atomic E-state index is 12.9. The van der Waals surface area contributed by atoms with E-state index in [-0.39, 0.29) is 17.6 Å². The molecule has 1 aliphatic heterocycles. The number of aryl methyl sites for hydroxylation is 1. The lowest BCUT2D eigenvalue weighted by atomic mass is 9.96. The van der Waals surface area contributed by atoms with E-state index in [0.717, 1.165) is 59.4 Å². The van der Waals surface area contributed by atoms with Gasteiger partial charge in [-0.25, -0.2) is 4.68 Å². The Morgan fingerprint density at radius 1 is 1.08 bits per heavy atom. The number of hydrogen-bond donors (Lipinski definition) is 0. The van der Waals surface area contributed by atoms with Gasteiger partial charge in [-0.2, -0.15) is 5.10 Å². The van der Waals surface area contributed by atoms with Gasteiger partial charge in [-0.15, -0.1) is 0 Å². The fourth-order valence-electron chi connectivity index (χ4n) is 5.49. The lowest BCUT2D eigenvalue weighted by Gasteiger charge is -2.49. The van der Waals surface area contributed by atoms with Gasteiger partial charge in [-0.1, -0.05) is 26.5 Å². The van der Waals surface area contributed by atoms with Gasteiger partial charge < -0.3 is 9.47 Å². The molecule has 0 radical (unpaired) electrons. The van der Waals surface area contributed by atoms with Gasteiger partial charge in [0.15, 0.2) is 0 Å². The Kier molecular flexibility index (Phi) is 6.38. The molecule has 4 heterocycles. The third-order valence-electron chi connectivity index (χ3n) is 7.74. The van der Waals surface area contributed by atoms with Crippen molar-refractivity contribution in [1.29, 1.82) is 0 Å². The van der Waals surface area contributed by atoms with E-state index in [1.807, 2.05) is 13.1 Å². The van der Waals surface area contributed by atoms with Crippen molar-refractivity contribution >= 4 is 33.5 Å². The summed E-state index contributed by atoms with van der Waals surface area (Å²) in [6.45, 7) is 14.5. The molecule has 3 atom stereocenters. The highest BCUT2D eigenvalue weighted by atomic mass is 16.1. The molecule has 36 heavy (non-hydrogen) atoms. The first-order valence-corrected chi connectivity index (χ1v) is 12.8. The van der Waals surface area contributed by atoms with Crippen molar-refractivity contribution in [3.05, 3.63) is 65.4 Å². The van der Waals surface area contributed by atoms with Crippen LogP contribution in [0.5, 0.6) is 0 Å². The Morgan fingerprint density at radius 3 is 2.50 bits per heavy atom. The Labute approximate surface area is 211 Å². The van der Waals surface area contributed by atoms with E-state index in [1.54, 1.807) is 34.8 Å². The summed E-state index contributed by atoms with van der Waals surface area (Å²) in [6.07, 6.45) is 7.37. The normalized spacial score (nSPS) is 19.8. The second-order valence-electron chi connectivity index (χ2n) is 9.92. The minimum atomic E-state index is -0.0188. The van der Waals surface area contributed by atoms with E-state index in [9.17, 15) is 4.79 Å². The van der Waals surface area contributed by atoms with Crippen LogP contribution in [-0.4, -0.2) is 54.4 Å². The fourth-order valence-corrected chi connectivity index (χ4v) is 5.49. The van der Waals surface area contributed by atoms with E-state index < -0.39 is 0 Å². The van der Waals surface area contributed by atoms with Crippen LogP contribution >= 0.6 is 0 Å². The van der Waals surface area contributed by atoms with Crippen LogP contribution in [0.2, 0.25) is 0 Å². The summed E-state index contributed by atoms with van der Waals surface area (Å²) in [7, 11) is 1.80. The number of hydrogen-bond acceptors (Lipinski definition) is 6. The fraction of sp³-hybridized carbons (Fsp3) is 0.429. The molecule has 0 saturated carbocycles. The van der Waals surface area contributed by atoms with Gasteiger partial charge in [0.25, 0.3) is 5.56 Å². The maximum atomic E-state index is 12.9. The van der Waals surface area contributed by atoms with E-state index in [0.29, 0.717) is 6.04 Å². The number of pyridine rings is 1. The van der Waals surface area contributed by atoms with Crippen LogP contribution in [0.25, 0.3) is 27.8 Å². The molecule has 0 aliphatic carbocycles. The van der Waals surface area contributed by atoms with Crippen LogP contribution in [0, 0.1) is 0 Å². The summed E-state index contributed by atoms with van der Waals surface area (Å²) in [5.74, 6) is 0. The van der Waals surface area contributed by atoms with Crippen molar-refractivity contribution in [2.75, 3.05) is 18.0 Å². The second kappa shape index (κ2) is 9.50. The molecular formula is C28H35N7O. The van der Waals surface area contributed by atoms with Gasteiger partial charge in [-0.3, -0.25) is 19.7 Å². The Hall–Kier alpha value is -3.52. The van der Waals surface area contributed by atoms with E-state index >= 15 is 0 Å². The summed E-state index contributed by atoms with van der Waals surface area (Å²) in [6, 6.07) is 9.01. The first kappa shape index (κ1) is 24.2. The predicted molar refractivity (Wildman–Crippen MR) is 146 cm³/mol. The zero-order valence-corrected chi connectivity index (χ0v) is 21.8. The lowest BCUT2D eigenvalue weighted by Crippen LogP contribution is -2.58. The van der Waals surface area contributed by atoms with Gasteiger partial charge in [-0.05, 0) is 44.4 Å². The number of piperazine rings is 1. The highest BCUT2D eigenvalue weighted by molar-refractivity contribution is 5.89. The summed E-state index contributed by atoms with van der Waals surface area (Å²) < 4.78 is 3.44. The molecule has 188 valence electrons. The molecule has 1 fully saturated rings. The largest absolute Gasteiger partial charge is 0.364 e. The molecule has 8 nitrogen and oxygen atoms in total. The minimum Gasteiger partial charge on any atom is -0.364 e. The van der Waals surface area contributed by atoms with E-state index in [1.165, 1.54) is 5.56 Å². The Balaban J connectivity index is 1.52. The van der Waals surface area contributed by atoms with Crippen LogP contribution in [0.4, 0.5) is 5.69 Å². The molecule has 1 aromatic carbocycles. The Morgan fingerprint density at radius 2 is 1.81 bits per heavy atom. The highest BCUT2D eigenvalue weighted by Gasteiger charge is 2.36. The average molecular weight is 486 g/mol. The maximum Gasteiger partial charge on any atom is 0.252 e. The Bertz CT molecular complexity index is 1490. The topological polar surface area (TPSA) is 72.1 Å². The summed E-state index contributed by atoms with van der Waals surface area (Å²) in [4.78, 5) is 26.9. The monoisotopic (exact) mass is 485 g/mol. The molecule has 0 N–H and O–H groups in total. The SMILES string of the molecule is C=C(C)n1cc2c(n1)c(N1C[C@@H](CC)N(C(C)c3ccc4nccnc4c3)C[C@@H]1CC)cc(=O)n2C. The molecule has 8 heteroatoms. The first-order chi connectivity index (χ1) is 17.3. The molecule has 0 amide bonds. The summed E-state index contributed by atoms with van der Waals surface area (Å²) >= 11 is 0. The molecule has 5 rings (SSSR count). The predicted octanol–water partition coefficient (Wildman–Crippen LogP) is 4.61. The van der Waals surface area contributed by atoms with Crippen LogP contribution in [-0.2, 0) is 7.05 Å². The van der Waals surface area contributed by atoms with Crippen LogP contribution in [0.1, 0.15) is 52.1 Å². The minimum absolute atomic E-state index is 0.0188. The summed E-state index contributed by atoms with van der Waals surface area (Å²) in [5.41, 5.74) is 6.50. The third kappa shape index (κ3) is 4.09. The van der Waals surface area contributed by atoms with Gasteiger partial charge >= 0.3 is 0 Å². The summed E-state index contributed by atoms with van der Waals surface area (Å²) in [5, 5.41) is 4.83. The molecule has 1 saturated heterocycles. The molecule has 4 aromatic rings. The van der Waals surface area contributed by atoms with Gasteiger partial charge in [0.1, 0.15) is 5.52 Å². The molecule has 0 bridgehead atoms. The molecule has 1 unspecified atom stereocenters. The number of aromatic nitrogens is 5. The molecule has 0 spiro atoms. The number of nitrogens with zero attached hydrogens (tertiary/aromatic N) is 7. The van der Waals surface area contributed by atoms with Crippen LogP contribution in [0.3, 0.4) is 0 Å². The smallest absolute Gasteiger partial charge is 0.252 e. The molecule has 1 aliphatic rings. The first-order valence-electron chi connectivity index (χ1n) is 12.8. The van der Waals surface area contributed by atoms with Gasteiger partial charge in [0.05, 0.1) is 28.4 Å². The average Bonchev–Trinajstić information content (AvgIpc) is 3.35. The third-order valence-corrected chi connectivity index (χ3v) is 7.74. The zero-order valence-electron chi connectivity index (χ0n) is 21.8. The van der Waals surface area contributed by atoms with Crippen LogP contribution < -0.4 is 10.5 Å². The van der Waals surface area contributed by atoms with Gasteiger partial charge in [0.2, 0.25) is 0 Å². The van der Waals surface area contributed by atoms with Crippen molar-refractivity contribution in [2.45, 2.75) is 58.7 Å². The molecular weight excluding hydrogens is 450 g/mol. The number of allylic oxidation sites excluding steroid dienone is 1. The second-order valence-corrected chi connectivity index (χ2v) is 9.92. The van der Waals surface area contributed by atoms with E-state index in [2.05, 4.69) is 65.3 Å². The van der Waals surface area contributed by atoms with Crippen molar-refractivity contribution in [3.8, 4) is 0 Å². The zero-order chi connectivity index (χ0) is 25.6. The quantitative estimate of drug-likeness (QED) is 0.397. The van der Waals surface area contributed by atoms with Crippen molar-refractivity contribution in [2.24, 2.45) is 7.05 Å². The molecule has 3 aromatic heterocycles. The van der Waals surface area contributed by atoms with Crippen molar-refractivity contribution in [1.82, 2.24) is 29.2 Å². The highest BCUT2D eigenvalue weighted by Crippen LogP contribution is 2.35. The van der Waals surface area contributed by atoms with Gasteiger partial charge in [0, 0.05) is 62.4 Å². The number of anilines is 1. The van der Waals surface area contributed by atoms with E-state index in [4.69, 9.17) is 5.10 Å². The van der Waals surface area contributed by atoms with Crippen molar-refractivity contribution < 1.29 is 0 Å². The van der Waals surface area contributed by atoms with Crippen molar-refractivity contribution in [3.63, 3.8) is 0 Å². The number of fused-ring (bicyclic) bond motifs is 2. The number of benzene rings is 1.